The van der Waals surface area contributed by atoms with E-state index in [1.165, 1.54) is 35.2 Å². The van der Waals surface area contributed by atoms with Crippen molar-refractivity contribution in [2.24, 2.45) is 5.10 Å². The molecule has 0 aliphatic rings. The summed E-state index contributed by atoms with van der Waals surface area (Å²) in [5, 5.41) is 16.9. The Morgan fingerprint density at radius 2 is 1.89 bits per heavy atom. The van der Waals surface area contributed by atoms with Gasteiger partial charge in [-0.3, -0.25) is 14.9 Å². The van der Waals surface area contributed by atoms with Crippen molar-refractivity contribution in [3.63, 3.8) is 0 Å². The molecule has 4 aromatic carbocycles. The van der Waals surface area contributed by atoms with Crippen LogP contribution in [-0.4, -0.2) is 27.9 Å². The number of nitro groups is 1. The minimum atomic E-state index is -0.577. The summed E-state index contributed by atoms with van der Waals surface area (Å²) < 4.78 is 26.4. The molecule has 0 fully saturated rings. The number of aryl methyl sites for hydroxylation is 1. The quantitative estimate of drug-likeness (QED) is 0.0909. The van der Waals surface area contributed by atoms with Gasteiger partial charge in [0.25, 0.3) is 5.56 Å². The molecule has 9 nitrogen and oxygen atoms in total. The van der Waals surface area contributed by atoms with Gasteiger partial charge in [-0.15, -0.1) is 0 Å². The molecular weight excluding hydrogens is 631 g/mol. The van der Waals surface area contributed by atoms with Crippen molar-refractivity contribution in [2.45, 2.75) is 33.3 Å². The Balaban J connectivity index is 1.61. The van der Waals surface area contributed by atoms with Crippen molar-refractivity contribution >= 4 is 38.7 Å². The topological polar surface area (TPSA) is 109 Å². The lowest BCUT2D eigenvalue weighted by molar-refractivity contribution is -0.386. The minimum absolute atomic E-state index is 0.0169. The number of ether oxygens (including phenoxy) is 2. The van der Waals surface area contributed by atoms with Crippen LogP contribution in [0.5, 0.6) is 11.5 Å². The van der Waals surface area contributed by atoms with E-state index in [1.54, 1.807) is 43.5 Å². The predicted molar refractivity (Wildman–Crippen MR) is 171 cm³/mol. The molecule has 0 radical (unpaired) electrons. The van der Waals surface area contributed by atoms with Crippen molar-refractivity contribution in [3.8, 4) is 22.9 Å². The van der Waals surface area contributed by atoms with E-state index < -0.39 is 16.3 Å². The number of hydrogen-bond acceptors (Lipinski definition) is 7. The second kappa shape index (κ2) is 12.8. The molecule has 0 N–H and O–H groups in total. The van der Waals surface area contributed by atoms with Crippen molar-refractivity contribution in [2.75, 3.05) is 7.11 Å². The van der Waals surface area contributed by atoms with Crippen LogP contribution in [0.1, 0.15) is 42.0 Å². The molecule has 0 bridgehead atoms. The van der Waals surface area contributed by atoms with Crippen LogP contribution in [0.3, 0.4) is 0 Å². The van der Waals surface area contributed by atoms with E-state index in [0.29, 0.717) is 37.9 Å². The second-order valence-corrected chi connectivity index (χ2v) is 11.3. The van der Waals surface area contributed by atoms with Gasteiger partial charge < -0.3 is 9.47 Å². The summed E-state index contributed by atoms with van der Waals surface area (Å²) in [7, 11) is 1.62. The molecule has 224 valence electrons. The molecule has 11 heteroatoms. The maximum atomic E-state index is 13.8. The highest BCUT2D eigenvalue weighted by Gasteiger charge is 2.22. The molecule has 0 unspecified atom stereocenters. The Hall–Kier alpha value is -4.90. The van der Waals surface area contributed by atoms with E-state index in [1.807, 2.05) is 32.9 Å². The summed E-state index contributed by atoms with van der Waals surface area (Å²) in [6.45, 7) is 5.92. The van der Waals surface area contributed by atoms with Gasteiger partial charge in [0, 0.05) is 17.2 Å². The Labute approximate surface area is 260 Å². The molecule has 0 saturated heterocycles. The molecular formula is C33H28BrFN4O5. The molecule has 5 aromatic rings. The van der Waals surface area contributed by atoms with Gasteiger partial charge >= 0.3 is 5.69 Å². The highest BCUT2D eigenvalue weighted by atomic mass is 79.9. The maximum Gasteiger partial charge on any atom is 0.312 e. The monoisotopic (exact) mass is 658 g/mol. The molecule has 0 aliphatic heterocycles. The van der Waals surface area contributed by atoms with Gasteiger partial charge in [0.05, 0.1) is 33.6 Å². The SMILES string of the molecule is COc1cc(C)c(-c2nc3ccccc3c(=O)n2N=Cc2cc(Br)c(OCc3cccc(F)c3)c([N+](=O)[O-])c2)cc1C(C)C. The highest BCUT2D eigenvalue weighted by molar-refractivity contribution is 9.10. The number of para-hydroxylation sites is 1. The van der Waals surface area contributed by atoms with Crippen LogP contribution in [-0.2, 0) is 6.61 Å². The van der Waals surface area contributed by atoms with Gasteiger partial charge in [0.15, 0.2) is 5.82 Å². The van der Waals surface area contributed by atoms with E-state index in [0.717, 1.165) is 16.9 Å². The summed E-state index contributed by atoms with van der Waals surface area (Å²) in [6.07, 6.45) is 1.36. The summed E-state index contributed by atoms with van der Waals surface area (Å²) in [5.41, 5.74) is 3.11. The first-order valence-corrected chi connectivity index (χ1v) is 14.5. The third-order valence-electron chi connectivity index (χ3n) is 7.03. The molecule has 5 rings (SSSR count). The van der Waals surface area contributed by atoms with Crippen LogP contribution >= 0.6 is 15.9 Å². The van der Waals surface area contributed by atoms with E-state index in [9.17, 15) is 19.3 Å². The Kier molecular flexibility index (Phi) is 8.86. The number of methoxy groups -OCH3 is 1. The molecule has 0 spiro atoms. The normalized spacial score (nSPS) is 11.4. The Morgan fingerprint density at radius 1 is 1.11 bits per heavy atom. The van der Waals surface area contributed by atoms with Crippen LogP contribution in [0.2, 0.25) is 0 Å². The third kappa shape index (κ3) is 6.23. The maximum absolute atomic E-state index is 13.8. The van der Waals surface area contributed by atoms with Gasteiger partial charge in [-0.05, 0) is 87.9 Å². The van der Waals surface area contributed by atoms with E-state index in [-0.39, 0.29) is 24.0 Å². The van der Waals surface area contributed by atoms with E-state index >= 15 is 0 Å². The first-order chi connectivity index (χ1) is 21.1. The fourth-order valence-corrected chi connectivity index (χ4v) is 5.41. The molecule has 0 atom stereocenters. The summed E-state index contributed by atoms with van der Waals surface area (Å²) in [4.78, 5) is 30.0. The van der Waals surface area contributed by atoms with Crippen molar-refractivity contribution < 1.29 is 18.8 Å². The summed E-state index contributed by atoms with van der Waals surface area (Å²) in [6, 6.07) is 19.5. The van der Waals surface area contributed by atoms with Crippen LogP contribution in [0.25, 0.3) is 22.3 Å². The molecule has 44 heavy (non-hydrogen) atoms. The molecule has 0 aliphatic carbocycles. The molecule has 0 saturated carbocycles. The van der Waals surface area contributed by atoms with Crippen LogP contribution in [0, 0.1) is 22.9 Å². The van der Waals surface area contributed by atoms with E-state index in [4.69, 9.17) is 14.5 Å². The van der Waals surface area contributed by atoms with Crippen LogP contribution < -0.4 is 15.0 Å². The lowest BCUT2D eigenvalue weighted by Gasteiger charge is -2.17. The molecule has 1 aromatic heterocycles. The van der Waals surface area contributed by atoms with Gasteiger partial charge in [-0.2, -0.15) is 9.78 Å². The second-order valence-electron chi connectivity index (χ2n) is 10.4. The van der Waals surface area contributed by atoms with Crippen molar-refractivity contribution in [3.05, 3.63) is 126 Å². The van der Waals surface area contributed by atoms with Gasteiger partial charge in [0.1, 0.15) is 18.2 Å². The number of hydrogen-bond donors (Lipinski definition) is 0. The van der Waals surface area contributed by atoms with Crippen molar-refractivity contribution in [1.29, 1.82) is 0 Å². The zero-order valence-electron chi connectivity index (χ0n) is 24.4. The highest BCUT2D eigenvalue weighted by Crippen LogP contribution is 2.37. The zero-order chi connectivity index (χ0) is 31.5. The fourth-order valence-electron chi connectivity index (χ4n) is 4.83. The number of fused-ring (bicyclic) bond motifs is 1. The third-order valence-corrected chi connectivity index (χ3v) is 7.62. The summed E-state index contributed by atoms with van der Waals surface area (Å²) in [5.74, 6) is 0.728. The lowest BCUT2D eigenvalue weighted by atomic mass is 9.96. The number of benzene rings is 4. The van der Waals surface area contributed by atoms with Crippen LogP contribution in [0.15, 0.2) is 87.2 Å². The van der Waals surface area contributed by atoms with Crippen molar-refractivity contribution in [1.82, 2.24) is 9.66 Å². The molecule has 0 amide bonds. The van der Waals surface area contributed by atoms with Gasteiger partial charge in [-0.25, -0.2) is 9.37 Å². The van der Waals surface area contributed by atoms with E-state index in [2.05, 4.69) is 21.0 Å². The fraction of sp³-hybridized carbons (Fsp3) is 0.182. The standard InChI is InChI=1S/C33H28BrFN4O5/c1-19(2)25-16-26(20(3)12-30(25)43-4)32-37-28-11-6-5-10-24(28)33(40)38(32)36-17-22-14-27(34)31(29(15-22)39(41)42)44-18-21-8-7-9-23(35)13-21/h5-17,19H,18H2,1-4H3. The predicted octanol–water partition coefficient (Wildman–Crippen LogP) is 7.77. The average Bonchev–Trinajstić information content (AvgIpc) is 2.99. The number of nitro benzene ring substituents is 1. The number of halogens is 2. The summed E-state index contributed by atoms with van der Waals surface area (Å²) >= 11 is 3.37. The smallest absolute Gasteiger partial charge is 0.312 e. The molecule has 1 heterocycles. The van der Waals surface area contributed by atoms with Gasteiger partial charge in [0.2, 0.25) is 5.75 Å². The number of rotatable bonds is 9. The zero-order valence-corrected chi connectivity index (χ0v) is 26.0. The lowest BCUT2D eigenvalue weighted by Crippen LogP contribution is -2.20. The number of nitrogens with zero attached hydrogens (tertiary/aromatic N) is 4. The minimum Gasteiger partial charge on any atom is -0.496 e. The first-order valence-electron chi connectivity index (χ1n) is 13.7. The van der Waals surface area contributed by atoms with Crippen LogP contribution in [0.4, 0.5) is 10.1 Å². The Morgan fingerprint density at radius 3 is 2.59 bits per heavy atom. The first kappa shape index (κ1) is 30.6. The Bertz CT molecular complexity index is 1990. The number of aromatic nitrogens is 2. The average molecular weight is 660 g/mol. The van der Waals surface area contributed by atoms with Gasteiger partial charge in [-0.1, -0.05) is 38.1 Å². The largest absolute Gasteiger partial charge is 0.496 e.